The van der Waals surface area contributed by atoms with Crippen LogP contribution in [0.4, 0.5) is 8.78 Å². The molecule has 1 fully saturated rings. The van der Waals surface area contributed by atoms with E-state index >= 15 is 0 Å². The lowest BCUT2D eigenvalue weighted by molar-refractivity contribution is 0.122. The largest absolute Gasteiger partial charge is 0.311 e. The summed E-state index contributed by atoms with van der Waals surface area (Å²) < 4.78 is 26.8. The van der Waals surface area contributed by atoms with Gasteiger partial charge in [-0.1, -0.05) is 6.92 Å². The molecule has 1 aliphatic rings. The Morgan fingerprint density at radius 3 is 2.89 bits per heavy atom. The monoisotopic (exact) mass is 254 g/mol. The van der Waals surface area contributed by atoms with E-state index in [-0.39, 0.29) is 11.6 Å². The van der Waals surface area contributed by atoms with Crippen molar-refractivity contribution in [1.29, 1.82) is 0 Å². The highest BCUT2D eigenvalue weighted by atomic mass is 19.1. The van der Waals surface area contributed by atoms with E-state index in [0.717, 1.165) is 25.6 Å². The van der Waals surface area contributed by atoms with Crippen LogP contribution < -0.4 is 5.32 Å². The van der Waals surface area contributed by atoms with E-state index < -0.39 is 0 Å². The van der Waals surface area contributed by atoms with Gasteiger partial charge in [0.2, 0.25) is 0 Å². The number of hydrogen-bond acceptors (Lipinski definition) is 2. The molecule has 2 unspecified atom stereocenters. The zero-order valence-electron chi connectivity index (χ0n) is 10.9. The Morgan fingerprint density at radius 1 is 1.39 bits per heavy atom. The van der Waals surface area contributed by atoms with Crippen LogP contribution in [0.1, 0.15) is 25.8 Å². The minimum Gasteiger partial charge on any atom is -0.311 e. The fraction of sp³-hybridized carbons (Fsp3) is 0.571. The maximum Gasteiger partial charge on any atom is 0.127 e. The van der Waals surface area contributed by atoms with Gasteiger partial charge in [-0.05, 0) is 31.5 Å². The van der Waals surface area contributed by atoms with Crippen LogP contribution in [0.5, 0.6) is 0 Å². The average Bonchev–Trinajstić information content (AvgIpc) is 2.34. The molecule has 1 aromatic carbocycles. The highest BCUT2D eigenvalue weighted by Gasteiger charge is 2.25. The molecule has 18 heavy (non-hydrogen) atoms. The Hall–Kier alpha value is -1.00. The third-order valence-corrected chi connectivity index (χ3v) is 3.58. The molecule has 0 radical (unpaired) electrons. The molecule has 2 rings (SSSR count). The second-order valence-electron chi connectivity index (χ2n) is 5.04. The van der Waals surface area contributed by atoms with Gasteiger partial charge in [0.05, 0.1) is 0 Å². The summed E-state index contributed by atoms with van der Waals surface area (Å²) in [5.41, 5.74) is 0.447. The molecule has 0 bridgehead atoms. The van der Waals surface area contributed by atoms with Crippen molar-refractivity contribution < 1.29 is 8.78 Å². The van der Waals surface area contributed by atoms with Crippen molar-refractivity contribution in [1.82, 2.24) is 10.2 Å². The van der Waals surface area contributed by atoms with Gasteiger partial charge in [0.15, 0.2) is 0 Å². The fourth-order valence-corrected chi connectivity index (χ4v) is 2.51. The maximum atomic E-state index is 13.6. The van der Waals surface area contributed by atoms with Crippen molar-refractivity contribution in [2.24, 2.45) is 0 Å². The van der Waals surface area contributed by atoms with Crippen LogP contribution in [0.15, 0.2) is 18.2 Å². The van der Waals surface area contributed by atoms with Crippen LogP contribution in [0, 0.1) is 11.6 Å². The lowest BCUT2D eigenvalue weighted by Gasteiger charge is -2.39. The number of nitrogens with one attached hydrogen (secondary N) is 1. The van der Waals surface area contributed by atoms with Gasteiger partial charge < -0.3 is 5.32 Å². The minimum atomic E-state index is -0.373. The van der Waals surface area contributed by atoms with Crippen LogP contribution in [0.2, 0.25) is 0 Å². The maximum absolute atomic E-state index is 13.6. The highest BCUT2D eigenvalue weighted by Crippen LogP contribution is 2.17. The topological polar surface area (TPSA) is 15.3 Å². The molecular weight excluding hydrogens is 234 g/mol. The highest BCUT2D eigenvalue weighted by molar-refractivity contribution is 5.19. The molecule has 1 heterocycles. The number of halogens is 2. The van der Waals surface area contributed by atoms with Crippen molar-refractivity contribution in [2.45, 2.75) is 38.9 Å². The normalized spacial score (nSPS) is 25.3. The van der Waals surface area contributed by atoms with E-state index in [1.165, 1.54) is 12.1 Å². The number of piperazine rings is 1. The summed E-state index contributed by atoms with van der Waals surface area (Å²) in [6, 6.07) is 4.45. The zero-order chi connectivity index (χ0) is 13.1. The van der Waals surface area contributed by atoms with Crippen molar-refractivity contribution in [2.75, 3.05) is 13.1 Å². The first kappa shape index (κ1) is 13.4. The molecule has 0 amide bonds. The minimum absolute atomic E-state index is 0.322. The number of rotatable bonds is 3. The van der Waals surface area contributed by atoms with Gasteiger partial charge in [-0.3, -0.25) is 4.90 Å². The van der Waals surface area contributed by atoms with Gasteiger partial charge >= 0.3 is 0 Å². The van der Waals surface area contributed by atoms with Crippen LogP contribution in [0.3, 0.4) is 0 Å². The van der Waals surface area contributed by atoms with Crippen LogP contribution in [-0.4, -0.2) is 30.1 Å². The second-order valence-corrected chi connectivity index (χ2v) is 5.04. The molecule has 4 heteroatoms. The fourth-order valence-electron chi connectivity index (χ4n) is 2.51. The van der Waals surface area contributed by atoms with Gasteiger partial charge in [-0.25, -0.2) is 8.78 Å². The van der Waals surface area contributed by atoms with E-state index in [2.05, 4.69) is 24.1 Å². The lowest BCUT2D eigenvalue weighted by atomic mass is 10.1. The van der Waals surface area contributed by atoms with Crippen LogP contribution >= 0.6 is 0 Å². The van der Waals surface area contributed by atoms with Crippen molar-refractivity contribution in [3.8, 4) is 0 Å². The molecule has 1 N–H and O–H groups in total. The van der Waals surface area contributed by atoms with Gasteiger partial charge in [0.1, 0.15) is 11.6 Å². The van der Waals surface area contributed by atoms with Gasteiger partial charge in [0, 0.05) is 37.3 Å². The Bertz CT molecular complexity index is 409. The molecule has 2 nitrogen and oxygen atoms in total. The van der Waals surface area contributed by atoms with Gasteiger partial charge in [0.25, 0.3) is 0 Å². The Kier molecular flexibility index (Phi) is 4.30. The number of nitrogens with zero attached hydrogens (tertiary/aromatic N) is 1. The first-order valence-corrected chi connectivity index (χ1v) is 6.51. The summed E-state index contributed by atoms with van der Waals surface area (Å²) in [6.07, 6.45) is 1.01. The predicted octanol–water partition coefficient (Wildman–Crippen LogP) is 2.54. The summed E-state index contributed by atoms with van der Waals surface area (Å²) in [7, 11) is 0. The average molecular weight is 254 g/mol. The molecule has 0 saturated carbocycles. The number of hydrogen-bond donors (Lipinski definition) is 1. The lowest BCUT2D eigenvalue weighted by Crippen LogP contribution is -2.54. The molecule has 1 aromatic rings. The summed E-state index contributed by atoms with van der Waals surface area (Å²) in [5, 5.41) is 3.42. The van der Waals surface area contributed by atoms with E-state index in [1.807, 2.05) is 0 Å². The molecule has 0 aliphatic carbocycles. The Labute approximate surface area is 107 Å². The van der Waals surface area contributed by atoms with E-state index in [1.54, 1.807) is 0 Å². The summed E-state index contributed by atoms with van der Waals surface area (Å²) in [4.78, 5) is 2.24. The molecule has 1 saturated heterocycles. The molecule has 1 aliphatic heterocycles. The molecule has 100 valence electrons. The van der Waals surface area contributed by atoms with Crippen LogP contribution in [0.25, 0.3) is 0 Å². The smallest absolute Gasteiger partial charge is 0.127 e. The summed E-state index contributed by atoms with van der Waals surface area (Å²) >= 11 is 0. The van der Waals surface area contributed by atoms with E-state index in [9.17, 15) is 8.78 Å². The van der Waals surface area contributed by atoms with E-state index in [0.29, 0.717) is 24.2 Å². The third-order valence-electron chi connectivity index (χ3n) is 3.58. The second kappa shape index (κ2) is 5.76. The van der Waals surface area contributed by atoms with E-state index in [4.69, 9.17) is 0 Å². The first-order chi connectivity index (χ1) is 8.60. The Balaban J connectivity index is 2.12. The first-order valence-electron chi connectivity index (χ1n) is 6.51. The third kappa shape index (κ3) is 3.06. The quantitative estimate of drug-likeness (QED) is 0.891. The van der Waals surface area contributed by atoms with Crippen molar-refractivity contribution in [3.63, 3.8) is 0 Å². The van der Waals surface area contributed by atoms with Crippen molar-refractivity contribution >= 4 is 0 Å². The summed E-state index contributed by atoms with van der Waals surface area (Å²) in [6.45, 7) is 6.50. The molecule has 0 aromatic heterocycles. The standard InChI is InChI=1S/C14H20F2N2/c1-3-13-7-17-10(2)8-18(13)9-11-6-12(15)4-5-14(11)16/h4-6,10,13,17H,3,7-9H2,1-2H3. The van der Waals surface area contributed by atoms with Crippen LogP contribution in [-0.2, 0) is 6.54 Å². The SMILES string of the molecule is CCC1CNC(C)CN1Cc1cc(F)ccc1F. The molecule has 2 atom stereocenters. The van der Waals surface area contributed by atoms with Gasteiger partial charge in [-0.2, -0.15) is 0 Å². The zero-order valence-corrected chi connectivity index (χ0v) is 10.9. The predicted molar refractivity (Wildman–Crippen MR) is 68.3 cm³/mol. The number of benzene rings is 1. The Morgan fingerprint density at radius 2 is 2.17 bits per heavy atom. The van der Waals surface area contributed by atoms with Gasteiger partial charge in [-0.15, -0.1) is 0 Å². The summed E-state index contributed by atoms with van der Waals surface area (Å²) in [5.74, 6) is -0.694. The van der Waals surface area contributed by atoms with Crippen molar-refractivity contribution in [3.05, 3.63) is 35.4 Å². The molecule has 0 spiro atoms. The molecular formula is C14H20F2N2.